The topological polar surface area (TPSA) is 77.0 Å². The molecule has 1 unspecified atom stereocenters. The number of amides is 1. The molecular weight excluding hydrogens is 508 g/mol. The highest BCUT2D eigenvalue weighted by Crippen LogP contribution is 2.35. The normalized spacial score (nSPS) is 12.1. The smallest absolute Gasteiger partial charge is 0.355 e. The summed E-state index contributed by atoms with van der Waals surface area (Å²) in [5.41, 5.74) is 3.12. The van der Waals surface area contributed by atoms with E-state index in [-0.39, 0.29) is 0 Å². The molecule has 0 radical (unpaired) electrons. The van der Waals surface area contributed by atoms with Crippen molar-refractivity contribution >= 4 is 61.9 Å². The highest BCUT2D eigenvalue weighted by atomic mass is 35.5. The zero-order valence-electron chi connectivity index (χ0n) is 19.7. The predicted molar refractivity (Wildman–Crippen MR) is 148 cm³/mol. The molecule has 0 aliphatic heterocycles. The lowest BCUT2D eigenvalue weighted by molar-refractivity contribution is -0.127. The summed E-state index contributed by atoms with van der Waals surface area (Å²) >= 11 is 7.67. The molecule has 0 spiro atoms. The number of nitrogens with one attached hydrogen (secondary N) is 1. The maximum absolute atomic E-state index is 12.7. The number of thiophene rings is 1. The van der Waals surface area contributed by atoms with Crippen molar-refractivity contribution in [3.8, 4) is 11.5 Å². The van der Waals surface area contributed by atoms with Crippen molar-refractivity contribution in [2.24, 2.45) is 5.10 Å². The van der Waals surface area contributed by atoms with Gasteiger partial charge < -0.3 is 9.47 Å². The molecule has 5 rings (SSSR count). The molecule has 5 aromatic rings. The molecule has 1 heterocycles. The first-order valence-corrected chi connectivity index (χ1v) is 12.7. The van der Waals surface area contributed by atoms with E-state index < -0.39 is 18.0 Å². The minimum absolute atomic E-state index is 0.335. The van der Waals surface area contributed by atoms with E-state index in [1.54, 1.807) is 31.2 Å². The number of halogens is 1. The largest absolute Gasteiger partial charge is 0.480 e. The summed E-state index contributed by atoms with van der Waals surface area (Å²) in [4.78, 5) is 25.6. The van der Waals surface area contributed by atoms with Crippen LogP contribution >= 0.6 is 22.9 Å². The summed E-state index contributed by atoms with van der Waals surface area (Å²) in [7, 11) is 0. The number of nitrogens with zero attached hydrogens (tertiary/aromatic N) is 1. The van der Waals surface area contributed by atoms with Crippen molar-refractivity contribution in [3.05, 3.63) is 106 Å². The van der Waals surface area contributed by atoms with Crippen LogP contribution < -0.4 is 14.9 Å². The van der Waals surface area contributed by atoms with Crippen LogP contribution in [0.15, 0.2) is 96.1 Å². The van der Waals surface area contributed by atoms with Crippen LogP contribution in [0.25, 0.3) is 20.9 Å². The van der Waals surface area contributed by atoms with Gasteiger partial charge in [0.25, 0.3) is 5.91 Å². The molecule has 0 bridgehead atoms. The third kappa shape index (κ3) is 5.48. The minimum atomic E-state index is -0.763. The van der Waals surface area contributed by atoms with Crippen LogP contribution in [0.5, 0.6) is 11.5 Å². The van der Waals surface area contributed by atoms with E-state index in [1.165, 1.54) is 17.6 Å². The molecule has 1 amide bonds. The molecule has 4 aromatic carbocycles. The van der Waals surface area contributed by atoms with E-state index in [9.17, 15) is 9.59 Å². The Balaban J connectivity index is 1.21. The van der Waals surface area contributed by atoms with Gasteiger partial charge in [0, 0.05) is 15.5 Å². The number of rotatable bonds is 7. The monoisotopic (exact) mass is 528 g/mol. The zero-order chi connectivity index (χ0) is 25.8. The summed E-state index contributed by atoms with van der Waals surface area (Å²) in [5, 5.41) is 7.18. The van der Waals surface area contributed by atoms with Crippen LogP contribution in [0.1, 0.15) is 22.2 Å². The Bertz CT molecular complexity index is 1640. The van der Waals surface area contributed by atoms with E-state index in [2.05, 4.69) is 10.5 Å². The lowest BCUT2D eigenvalue weighted by atomic mass is 10.1. The first-order valence-electron chi connectivity index (χ1n) is 11.5. The van der Waals surface area contributed by atoms with Crippen molar-refractivity contribution in [2.75, 3.05) is 0 Å². The lowest BCUT2D eigenvalue weighted by Crippen LogP contribution is -2.33. The number of carbonyl (C=O) groups excluding carboxylic acids is 2. The second-order valence-electron chi connectivity index (χ2n) is 8.17. The van der Waals surface area contributed by atoms with Gasteiger partial charge in [0.2, 0.25) is 0 Å². The van der Waals surface area contributed by atoms with Crippen LogP contribution in [-0.2, 0) is 4.79 Å². The van der Waals surface area contributed by atoms with Gasteiger partial charge >= 0.3 is 5.97 Å². The van der Waals surface area contributed by atoms with Crippen molar-refractivity contribution < 1.29 is 19.1 Å². The summed E-state index contributed by atoms with van der Waals surface area (Å²) in [6.07, 6.45) is 0.702. The zero-order valence-corrected chi connectivity index (χ0v) is 21.3. The Morgan fingerprint density at radius 3 is 2.51 bits per heavy atom. The molecule has 0 aliphatic carbocycles. The Morgan fingerprint density at radius 1 is 0.946 bits per heavy atom. The lowest BCUT2D eigenvalue weighted by Gasteiger charge is -2.14. The highest BCUT2D eigenvalue weighted by molar-refractivity contribution is 7.21. The van der Waals surface area contributed by atoms with Crippen molar-refractivity contribution in [1.29, 1.82) is 0 Å². The van der Waals surface area contributed by atoms with Crippen molar-refractivity contribution in [2.45, 2.75) is 13.0 Å². The number of fused-ring (bicyclic) bond motifs is 2. The summed E-state index contributed by atoms with van der Waals surface area (Å²) < 4.78 is 12.3. The number of hydrazone groups is 1. The Kier molecular flexibility index (Phi) is 7.16. The van der Waals surface area contributed by atoms with Crippen LogP contribution in [-0.4, -0.2) is 24.2 Å². The maximum Gasteiger partial charge on any atom is 0.355 e. The van der Waals surface area contributed by atoms with Crippen LogP contribution in [0.3, 0.4) is 0 Å². The Labute approximate surface area is 222 Å². The second-order valence-corrected chi connectivity index (χ2v) is 9.61. The molecular formula is C29H21ClN2O4S. The van der Waals surface area contributed by atoms with Crippen molar-refractivity contribution in [1.82, 2.24) is 5.43 Å². The third-order valence-corrected chi connectivity index (χ3v) is 7.26. The van der Waals surface area contributed by atoms with Gasteiger partial charge in [-0.25, -0.2) is 10.2 Å². The fourth-order valence-corrected chi connectivity index (χ4v) is 5.15. The number of carbonyl (C=O) groups is 2. The van der Waals surface area contributed by atoms with E-state index in [0.29, 0.717) is 27.0 Å². The minimum Gasteiger partial charge on any atom is -0.480 e. The van der Waals surface area contributed by atoms with E-state index in [1.807, 2.05) is 66.7 Å². The molecule has 37 heavy (non-hydrogen) atoms. The average molecular weight is 529 g/mol. The standard InChI is InChI=1S/C29H21ClN2O4S/c1-18(35-24-14-7-10-20-9-2-3-12-22(20)24)28(33)32-31-17-19-8-6-11-21(16-19)36-29(34)27-26(30)23-13-4-5-15-25(23)37-27/h2-18H,1H3,(H,32,33). The van der Waals surface area contributed by atoms with Gasteiger partial charge in [-0.3, -0.25) is 4.79 Å². The molecule has 0 saturated carbocycles. The number of hydrogen-bond acceptors (Lipinski definition) is 6. The van der Waals surface area contributed by atoms with Gasteiger partial charge in [-0.15, -0.1) is 11.3 Å². The predicted octanol–water partition coefficient (Wildman–Crippen LogP) is 6.84. The van der Waals surface area contributed by atoms with Gasteiger partial charge in [-0.2, -0.15) is 5.10 Å². The molecule has 1 aromatic heterocycles. The fraction of sp³-hybridized carbons (Fsp3) is 0.0690. The quantitative estimate of drug-likeness (QED) is 0.108. The Morgan fingerprint density at radius 2 is 1.68 bits per heavy atom. The molecule has 1 atom stereocenters. The molecule has 0 fully saturated rings. The van der Waals surface area contributed by atoms with Crippen LogP contribution in [0, 0.1) is 0 Å². The summed E-state index contributed by atoms with van der Waals surface area (Å²) in [6.45, 7) is 1.66. The number of ether oxygens (including phenoxy) is 2. The first kappa shape index (κ1) is 24.5. The van der Waals surface area contributed by atoms with Gasteiger partial charge in [0.05, 0.1) is 11.2 Å². The molecule has 1 N–H and O–H groups in total. The second kappa shape index (κ2) is 10.8. The number of hydrogen-bond donors (Lipinski definition) is 1. The van der Waals surface area contributed by atoms with Crippen LogP contribution in [0.2, 0.25) is 5.02 Å². The SMILES string of the molecule is CC(Oc1cccc2ccccc12)C(=O)NN=Cc1cccc(OC(=O)c2sc3ccccc3c2Cl)c1. The van der Waals surface area contributed by atoms with E-state index >= 15 is 0 Å². The molecule has 0 aliphatic rings. The van der Waals surface area contributed by atoms with E-state index in [4.69, 9.17) is 21.1 Å². The number of benzene rings is 4. The molecule has 0 saturated heterocycles. The molecule has 184 valence electrons. The Hall–Kier alpha value is -4.20. The third-order valence-electron chi connectivity index (χ3n) is 5.60. The highest BCUT2D eigenvalue weighted by Gasteiger charge is 2.19. The maximum atomic E-state index is 12.7. The van der Waals surface area contributed by atoms with Crippen LogP contribution in [0.4, 0.5) is 0 Å². The average Bonchev–Trinajstić information content (AvgIpc) is 3.25. The van der Waals surface area contributed by atoms with Gasteiger partial charge in [0.1, 0.15) is 16.4 Å². The number of esters is 1. The first-order chi connectivity index (χ1) is 18.0. The van der Waals surface area contributed by atoms with Gasteiger partial charge in [0.15, 0.2) is 6.10 Å². The van der Waals surface area contributed by atoms with E-state index in [0.717, 1.165) is 20.9 Å². The summed E-state index contributed by atoms with van der Waals surface area (Å²) in [5.74, 6) is 0.0265. The van der Waals surface area contributed by atoms with Crippen molar-refractivity contribution in [3.63, 3.8) is 0 Å². The summed E-state index contributed by atoms with van der Waals surface area (Å²) in [6, 6.07) is 27.8. The van der Waals surface area contributed by atoms with Gasteiger partial charge in [-0.1, -0.05) is 78.3 Å². The molecule has 8 heteroatoms. The van der Waals surface area contributed by atoms with Gasteiger partial charge in [-0.05, 0) is 42.1 Å². The molecule has 6 nitrogen and oxygen atoms in total. The fourth-order valence-electron chi connectivity index (χ4n) is 3.76.